The van der Waals surface area contributed by atoms with Crippen molar-refractivity contribution < 1.29 is 22.7 Å². The Bertz CT molecular complexity index is 1100. The van der Waals surface area contributed by atoms with Gasteiger partial charge in [-0.3, -0.25) is 4.79 Å². The zero-order valence-corrected chi connectivity index (χ0v) is 19.1. The van der Waals surface area contributed by atoms with Gasteiger partial charge >= 0.3 is 6.18 Å². The number of benzene rings is 1. The zero-order valence-electron chi connectivity index (χ0n) is 19.1. The van der Waals surface area contributed by atoms with E-state index in [1.807, 2.05) is 13.1 Å². The van der Waals surface area contributed by atoms with E-state index in [0.29, 0.717) is 35.3 Å². The summed E-state index contributed by atoms with van der Waals surface area (Å²) in [6.45, 7) is 6.38. The Balaban J connectivity index is 1.61. The van der Waals surface area contributed by atoms with Crippen LogP contribution in [0.3, 0.4) is 0 Å². The highest BCUT2D eigenvalue weighted by Gasteiger charge is 2.35. The number of aromatic nitrogens is 1. The first kappa shape index (κ1) is 24.2. The molecule has 1 aromatic heterocycles. The maximum Gasteiger partial charge on any atom is 0.417 e. The molecule has 1 aliphatic carbocycles. The van der Waals surface area contributed by atoms with Crippen LogP contribution in [-0.2, 0) is 9.53 Å². The molecule has 9 heteroatoms. The van der Waals surface area contributed by atoms with Crippen LogP contribution >= 0.6 is 0 Å². The third-order valence-electron chi connectivity index (χ3n) is 6.02. The van der Waals surface area contributed by atoms with Crippen molar-refractivity contribution in [3.8, 4) is 0 Å². The molecular weight excluding hydrogens is 445 g/mol. The molecule has 34 heavy (non-hydrogen) atoms. The minimum absolute atomic E-state index is 0.00400. The zero-order chi connectivity index (χ0) is 24.3. The topological polar surface area (TPSA) is 66.5 Å². The van der Waals surface area contributed by atoms with Crippen LogP contribution in [0.25, 0.3) is 22.4 Å². The van der Waals surface area contributed by atoms with E-state index in [4.69, 9.17) is 4.74 Å². The number of allylic oxidation sites excluding steroid dienone is 1. The van der Waals surface area contributed by atoms with Gasteiger partial charge in [0.1, 0.15) is 0 Å². The Morgan fingerprint density at radius 1 is 1.32 bits per heavy atom. The Labute approximate surface area is 196 Å². The number of alkyl halides is 3. The molecule has 1 atom stereocenters. The van der Waals surface area contributed by atoms with Crippen LogP contribution in [-0.4, -0.2) is 67.9 Å². The first-order chi connectivity index (χ1) is 16.2. The van der Waals surface area contributed by atoms with E-state index >= 15 is 0 Å². The molecule has 1 aromatic carbocycles. The maximum absolute atomic E-state index is 13.6. The van der Waals surface area contributed by atoms with Gasteiger partial charge in [-0.1, -0.05) is 24.8 Å². The first-order valence-corrected chi connectivity index (χ1v) is 11.4. The number of anilines is 1. The molecule has 1 amide bonds. The highest BCUT2D eigenvalue weighted by Crippen LogP contribution is 2.37. The summed E-state index contributed by atoms with van der Waals surface area (Å²) < 4.78 is 46.5. The lowest BCUT2D eigenvalue weighted by atomic mass is 10.0. The number of likely N-dealkylation sites (N-methyl/N-ethyl adjacent to an activating group) is 1. The second-order valence-corrected chi connectivity index (χ2v) is 8.83. The van der Waals surface area contributed by atoms with Crippen LogP contribution in [0, 0.1) is 5.92 Å². The molecule has 6 nitrogen and oxygen atoms in total. The molecule has 4 rings (SSSR count). The third kappa shape index (κ3) is 5.95. The number of carbonyl (C=O) groups is 1. The van der Waals surface area contributed by atoms with Crippen molar-refractivity contribution in [3.63, 3.8) is 0 Å². The van der Waals surface area contributed by atoms with Gasteiger partial charge in [0.2, 0.25) is 5.91 Å². The minimum Gasteiger partial charge on any atom is -0.382 e. The summed E-state index contributed by atoms with van der Waals surface area (Å²) >= 11 is 0. The Morgan fingerprint density at radius 3 is 2.82 bits per heavy atom. The summed E-state index contributed by atoms with van der Waals surface area (Å²) in [6.07, 6.45) is 0.497. The van der Waals surface area contributed by atoms with Crippen LogP contribution in [0.4, 0.5) is 18.9 Å². The quantitative estimate of drug-likeness (QED) is 0.603. The number of hydrogen-bond donors (Lipinski definition) is 2. The summed E-state index contributed by atoms with van der Waals surface area (Å²) in [5.41, 5.74) is -0.144. The average molecular weight is 475 g/mol. The fraction of sp³-hybridized carbons (Fsp3) is 0.440. The summed E-state index contributed by atoms with van der Waals surface area (Å²) in [6, 6.07) is 6.90. The van der Waals surface area contributed by atoms with Gasteiger partial charge in [0.05, 0.1) is 29.7 Å². The molecule has 1 saturated carbocycles. The van der Waals surface area contributed by atoms with Crippen molar-refractivity contribution in [1.29, 1.82) is 0 Å². The second-order valence-electron chi connectivity index (χ2n) is 8.83. The molecule has 2 N–H and O–H groups in total. The van der Waals surface area contributed by atoms with Crippen molar-refractivity contribution in [2.45, 2.75) is 25.1 Å². The molecule has 182 valence electrons. The van der Waals surface area contributed by atoms with Crippen molar-refractivity contribution in [1.82, 2.24) is 15.2 Å². The Morgan fingerprint density at radius 2 is 2.12 bits per heavy atom. The van der Waals surface area contributed by atoms with Gasteiger partial charge in [0, 0.05) is 48.6 Å². The molecule has 0 spiro atoms. The van der Waals surface area contributed by atoms with Gasteiger partial charge in [0.25, 0.3) is 0 Å². The number of ether oxygens (including phenoxy) is 1. The number of halogens is 3. The lowest BCUT2D eigenvalue weighted by Gasteiger charge is -2.30. The number of fused-ring (bicyclic) bond motifs is 1. The monoisotopic (exact) mass is 474 g/mol. The molecule has 1 aliphatic heterocycles. The number of carbonyl (C=O) groups excluding carboxylic acids is 1. The van der Waals surface area contributed by atoms with E-state index in [9.17, 15) is 18.0 Å². The number of rotatable bonds is 8. The van der Waals surface area contributed by atoms with Crippen LogP contribution in [0.2, 0.25) is 0 Å². The van der Waals surface area contributed by atoms with E-state index in [1.54, 1.807) is 30.4 Å². The van der Waals surface area contributed by atoms with Crippen LogP contribution in [0.15, 0.2) is 36.9 Å². The van der Waals surface area contributed by atoms with Gasteiger partial charge < -0.3 is 20.3 Å². The Kier molecular flexibility index (Phi) is 7.23. The largest absolute Gasteiger partial charge is 0.417 e. The van der Waals surface area contributed by atoms with Crippen molar-refractivity contribution in [3.05, 3.63) is 48.3 Å². The summed E-state index contributed by atoms with van der Waals surface area (Å²) in [5, 5.41) is 7.13. The molecule has 1 saturated heterocycles. The van der Waals surface area contributed by atoms with E-state index in [0.717, 1.165) is 25.9 Å². The summed E-state index contributed by atoms with van der Waals surface area (Å²) in [5.74, 6) is 0.0970. The molecule has 2 aromatic rings. The van der Waals surface area contributed by atoms with E-state index in [1.165, 1.54) is 0 Å². The fourth-order valence-electron chi connectivity index (χ4n) is 3.94. The summed E-state index contributed by atoms with van der Waals surface area (Å²) in [7, 11) is 2.03. The first-order valence-electron chi connectivity index (χ1n) is 11.4. The van der Waals surface area contributed by atoms with Crippen molar-refractivity contribution >= 4 is 34.0 Å². The number of amides is 1. The average Bonchev–Trinajstić information content (AvgIpc) is 3.64. The number of pyridine rings is 1. The summed E-state index contributed by atoms with van der Waals surface area (Å²) in [4.78, 5) is 18.2. The number of hydrogen-bond acceptors (Lipinski definition) is 5. The normalized spacial score (nSPS) is 19.5. The molecular formula is C25H29F3N4O2. The van der Waals surface area contributed by atoms with Crippen molar-refractivity contribution in [2.24, 2.45) is 5.92 Å². The maximum atomic E-state index is 13.6. The van der Waals surface area contributed by atoms with E-state index < -0.39 is 11.7 Å². The highest BCUT2D eigenvalue weighted by atomic mass is 19.4. The standard InChI is InChI=1S/C25H29F3N4O2/c1-16(25(26,27)28)23-20-6-3-7-22(30-14-19-15-32(2)11-12-34-19)21(20)13-18(31-23)5-4-10-29-24(33)17-8-9-17/h3-7,13,17,19,30H,1,8-12,14-15H2,2H3,(H,29,33)/b5-4+. The second kappa shape index (κ2) is 10.1. The van der Waals surface area contributed by atoms with E-state index in [2.05, 4.69) is 27.1 Å². The predicted octanol–water partition coefficient (Wildman–Crippen LogP) is 4.09. The van der Waals surface area contributed by atoms with Gasteiger partial charge in [-0.25, -0.2) is 4.98 Å². The highest BCUT2D eigenvalue weighted by molar-refractivity contribution is 6.00. The fourth-order valence-corrected chi connectivity index (χ4v) is 3.94. The molecule has 0 radical (unpaired) electrons. The number of morpholine rings is 1. The number of nitrogens with one attached hydrogen (secondary N) is 2. The lowest BCUT2D eigenvalue weighted by molar-refractivity contribution is -0.122. The SMILES string of the molecule is C=C(c1nc(/C=C/CNC(=O)C2CC2)cc2c(NCC3CN(C)CCO3)cccc12)C(F)(F)F. The lowest BCUT2D eigenvalue weighted by Crippen LogP contribution is -2.43. The van der Waals surface area contributed by atoms with Crippen molar-refractivity contribution in [2.75, 3.05) is 45.2 Å². The smallest absolute Gasteiger partial charge is 0.382 e. The van der Waals surface area contributed by atoms with E-state index in [-0.39, 0.29) is 30.2 Å². The molecule has 2 fully saturated rings. The van der Waals surface area contributed by atoms with Gasteiger partial charge in [-0.2, -0.15) is 13.2 Å². The number of nitrogens with zero attached hydrogens (tertiary/aromatic N) is 2. The third-order valence-corrected chi connectivity index (χ3v) is 6.02. The molecule has 0 bridgehead atoms. The molecule has 1 unspecified atom stereocenters. The minimum atomic E-state index is -4.61. The molecule has 2 heterocycles. The molecule has 2 aliphatic rings. The van der Waals surface area contributed by atoms with Crippen LogP contribution in [0.5, 0.6) is 0 Å². The van der Waals surface area contributed by atoms with Gasteiger partial charge in [-0.05, 0) is 38.1 Å². The Hall–Kier alpha value is -2.91. The van der Waals surface area contributed by atoms with Gasteiger partial charge in [-0.15, -0.1) is 0 Å². The van der Waals surface area contributed by atoms with Crippen LogP contribution in [0.1, 0.15) is 24.2 Å². The predicted molar refractivity (Wildman–Crippen MR) is 127 cm³/mol. The van der Waals surface area contributed by atoms with Gasteiger partial charge in [0.15, 0.2) is 0 Å². The van der Waals surface area contributed by atoms with Crippen LogP contribution < -0.4 is 10.6 Å².